The van der Waals surface area contributed by atoms with E-state index in [2.05, 4.69) is 10.3 Å². The molecule has 1 rings (SSSR count). The standard InChI is InChI=1S/C11H16N2O2/c1-8-4-3-5-10(13-8)11(15)12-7-6-9(2)14/h3-5,9,14H,6-7H2,1-2H3,(H,12,15). The lowest BCUT2D eigenvalue weighted by atomic mass is 10.2. The largest absolute Gasteiger partial charge is 0.393 e. The summed E-state index contributed by atoms with van der Waals surface area (Å²) in [5, 5.41) is 11.7. The van der Waals surface area contributed by atoms with E-state index in [1.54, 1.807) is 19.1 Å². The van der Waals surface area contributed by atoms with E-state index in [4.69, 9.17) is 5.11 Å². The van der Waals surface area contributed by atoms with E-state index in [1.807, 2.05) is 13.0 Å². The monoisotopic (exact) mass is 208 g/mol. The van der Waals surface area contributed by atoms with Crippen molar-refractivity contribution in [1.82, 2.24) is 10.3 Å². The van der Waals surface area contributed by atoms with Gasteiger partial charge in [-0.1, -0.05) is 6.07 Å². The Labute approximate surface area is 89.3 Å². The first-order valence-corrected chi connectivity index (χ1v) is 4.99. The zero-order valence-electron chi connectivity index (χ0n) is 9.03. The molecule has 2 N–H and O–H groups in total. The zero-order valence-corrected chi connectivity index (χ0v) is 9.03. The van der Waals surface area contributed by atoms with Gasteiger partial charge in [-0.25, -0.2) is 4.98 Å². The van der Waals surface area contributed by atoms with Crippen LogP contribution in [0.4, 0.5) is 0 Å². The van der Waals surface area contributed by atoms with E-state index in [0.717, 1.165) is 5.69 Å². The Morgan fingerprint density at radius 3 is 2.93 bits per heavy atom. The molecule has 1 unspecified atom stereocenters. The first kappa shape index (κ1) is 11.7. The molecular formula is C11H16N2O2. The fraction of sp³-hybridized carbons (Fsp3) is 0.455. The summed E-state index contributed by atoms with van der Waals surface area (Å²) in [5.41, 5.74) is 1.23. The molecule has 0 radical (unpaired) electrons. The number of aliphatic hydroxyl groups is 1. The highest BCUT2D eigenvalue weighted by molar-refractivity contribution is 5.92. The Morgan fingerprint density at radius 2 is 2.33 bits per heavy atom. The van der Waals surface area contributed by atoms with Crippen LogP contribution in [-0.4, -0.2) is 28.6 Å². The topological polar surface area (TPSA) is 62.2 Å². The number of hydrogen-bond donors (Lipinski definition) is 2. The lowest BCUT2D eigenvalue weighted by Crippen LogP contribution is -2.27. The van der Waals surface area contributed by atoms with Crippen molar-refractivity contribution in [3.8, 4) is 0 Å². The number of amides is 1. The molecule has 1 amide bonds. The number of nitrogens with one attached hydrogen (secondary N) is 1. The molecule has 0 bridgehead atoms. The number of hydrogen-bond acceptors (Lipinski definition) is 3. The smallest absolute Gasteiger partial charge is 0.269 e. The Kier molecular flexibility index (Phi) is 4.24. The molecule has 15 heavy (non-hydrogen) atoms. The van der Waals surface area contributed by atoms with Crippen molar-refractivity contribution in [2.24, 2.45) is 0 Å². The minimum Gasteiger partial charge on any atom is -0.393 e. The van der Waals surface area contributed by atoms with Crippen molar-refractivity contribution in [2.45, 2.75) is 26.4 Å². The van der Waals surface area contributed by atoms with Crippen LogP contribution in [0.5, 0.6) is 0 Å². The molecule has 0 fully saturated rings. The Hall–Kier alpha value is -1.42. The second kappa shape index (κ2) is 5.46. The normalized spacial score (nSPS) is 12.2. The van der Waals surface area contributed by atoms with Crippen molar-refractivity contribution in [3.63, 3.8) is 0 Å². The zero-order chi connectivity index (χ0) is 11.3. The Bertz CT molecular complexity index is 337. The second-order valence-electron chi connectivity index (χ2n) is 3.56. The average Bonchev–Trinajstić information content (AvgIpc) is 2.17. The highest BCUT2D eigenvalue weighted by Gasteiger charge is 2.06. The van der Waals surface area contributed by atoms with Crippen molar-refractivity contribution < 1.29 is 9.90 Å². The maximum absolute atomic E-state index is 11.5. The van der Waals surface area contributed by atoms with Crippen LogP contribution in [0.25, 0.3) is 0 Å². The number of nitrogens with zero attached hydrogens (tertiary/aromatic N) is 1. The predicted octanol–water partition coefficient (Wildman–Crippen LogP) is 0.891. The van der Waals surface area contributed by atoms with Gasteiger partial charge in [0, 0.05) is 12.2 Å². The Balaban J connectivity index is 2.47. The highest BCUT2D eigenvalue weighted by atomic mass is 16.3. The molecule has 4 nitrogen and oxygen atoms in total. The number of pyridine rings is 1. The van der Waals surface area contributed by atoms with Crippen LogP contribution in [0.2, 0.25) is 0 Å². The number of aryl methyl sites for hydroxylation is 1. The van der Waals surface area contributed by atoms with Gasteiger partial charge >= 0.3 is 0 Å². The summed E-state index contributed by atoms with van der Waals surface area (Å²) < 4.78 is 0. The lowest BCUT2D eigenvalue weighted by Gasteiger charge is -2.06. The van der Waals surface area contributed by atoms with Gasteiger partial charge in [0.1, 0.15) is 5.69 Å². The fourth-order valence-corrected chi connectivity index (χ4v) is 1.15. The van der Waals surface area contributed by atoms with Crippen LogP contribution >= 0.6 is 0 Å². The van der Waals surface area contributed by atoms with Crippen molar-refractivity contribution in [1.29, 1.82) is 0 Å². The quantitative estimate of drug-likeness (QED) is 0.772. The van der Waals surface area contributed by atoms with Gasteiger partial charge in [-0.15, -0.1) is 0 Å². The number of carbonyl (C=O) groups excluding carboxylic acids is 1. The highest BCUT2D eigenvalue weighted by Crippen LogP contribution is 1.98. The summed E-state index contributed by atoms with van der Waals surface area (Å²) in [7, 11) is 0. The molecule has 0 aliphatic heterocycles. The average molecular weight is 208 g/mol. The van der Waals surface area contributed by atoms with Crippen molar-refractivity contribution >= 4 is 5.91 Å². The third-order valence-corrected chi connectivity index (χ3v) is 1.97. The van der Waals surface area contributed by atoms with Crippen LogP contribution in [-0.2, 0) is 0 Å². The number of aromatic nitrogens is 1. The molecule has 82 valence electrons. The van der Waals surface area contributed by atoms with E-state index in [1.165, 1.54) is 0 Å². The third-order valence-electron chi connectivity index (χ3n) is 1.97. The van der Waals surface area contributed by atoms with Crippen LogP contribution in [0.15, 0.2) is 18.2 Å². The molecule has 0 saturated carbocycles. The van der Waals surface area contributed by atoms with Gasteiger partial charge in [-0.2, -0.15) is 0 Å². The van der Waals surface area contributed by atoms with E-state index in [0.29, 0.717) is 18.7 Å². The molecule has 1 aromatic heterocycles. The summed E-state index contributed by atoms with van der Waals surface area (Å²) >= 11 is 0. The summed E-state index contributed by atoms with van der Waals surface area (Å²) in [4.78, 5) is 15.6. The maximum atomic E-state index is 11.5. The van der Waals surface area contributed by atoms with E-state index < -0.39 is 6.10 Å². The van der Waals surface area contributed by atoms with E-state index >= 15 is 0 Å². The first-order valence-electron chi connectivity index (χ1n) is 4.99. The van der Waals surface area contributed by atoms with Gasteiger partial charge in [-0.05, 0) is 32.4 Å². The van der Waals surface area contributed by atoms with Gasteiger partial charge in [0.05, 0.1) is 6.10 Å². The first-order chi connectivity index (χ1) is 7.09. The van der Waals surface area contributed by atoms with Gasteiger partial charge < -0.3 is 10.4 Å². The molecule has 0 aromatic carbocycles. The van der Waals surface area contributed by atoms with Crippen LogP contribution in [0.1, 0.15) is 29.5 Å². The number of rotatable bonds is 4. The van der Waals surface area contributed by atoms with E-state index in [9.17, 15) is 4.79 Å². The van der Waals surface area contributed by atoms with Gasteiger partial charge in [0.2, 0.25) is 0 Å². The molecule has 0 aliphatic rings. The number of aliphatic hydroxyl groups excluding tert-OH is 1. The Morgan fingerprint density at radius 1 is 1.60 bits per heavy atom. The minimum atomic E-state index is -0.393. The van der Waals surface area contributed by atoms with Crippen LogP contribution < -0.4 is 5.32 Å². The van der Waals surface area contributed by atoms with Crippen molar-refractivity contribution in [2.75, 3.05) is 6.54 Å². The minimum absolute atomic E-state index is 0.195. The predicted molar refractivity (Wildman–Crippen MR) is 57.6 cm³/mol. The van der Waals surface area contributed by atoms with Crippen LogP contribution in [0, 0.1) is 6.92 Å². The molecule has 1 atom stereocenters. The molecular weight excluding hydrogens is 192 g/mol. The molecule has 0 spiro atoms. The molecule has 0 saturated heterocycles. The van der Waals surface area contributed by atoms with Gasteiger partial charge in [0.15, 0.2) is 0 Å². The maximum Gasteiger partial charge on any atom is 0.269 e. The van der Waals surface area contributed by atoms with Gasteiger partial charge in [0.25, 0.3) is 5.91 Å². The second-order valence-corrected chi connectivity index (χ2v) is 3.56. The summed E-state index contributed by atoms with van der Waals surface area (Å²) in [5.74, 6) is -0.195. The third kappa shape index (κ3) is 4.08. The van der Waals surface area contributed by atoms with E-state index in [-0.39, 0.29) is 5.91 Å². The summed E-state index contributed by atoms with van der Waals surface area (Å²) in [6.07, 6.45) is 0.160. The molecule has 1 aromatic rings. The summed E-state index contributed by atoms with van der Waals surface area (Å²) in [6, 6.07) is 5.31. The van der Waals surface area contributed by atoms with Crippen LogP contribution in [0.3, 0.4) is 0 Å². The van der Waals surface area contributed by atoms with Gasteiger partial charge in [-0.3, -0.25) is 4.79 Å². The molecule has 4 heteroatoms. The van der Waals surface area contributed by atoms with Crippen molar-refractivity contribution in [3.05, 3.63) is 29.6 Å². The fourth-order valence-electron chi connectivity index (χ4n) is 1.15. The molecule has 0 aliphatic carbocycles. The summed E-state index contributed by atoms with van der Waals surface area (Å²) in [6.45, 7) is 4.00. The number of carbonyl (C=O) groups is 1. The SMILES string of the molecule is Cc1cccc(C(=O)NCCC(C)O)n1. The lowest BCUT2D eigenvalue weighted by molar-refractivity contribution is 0.0940. The molecule has 1 heterocycles.